The molecule has 2 amide bonds. The Morgan fingerprint density at radius 3 is 2.50 bits per heavy atom. The van der Waals surface area contributed by atoms with Crippen LogP contribution >= 0.6 is 0 Å². The molecule has 6 heteroatoms. The van der Waals surface area contributed by atoms with Crippen molar-refractivity contribution >= 4 is 11.8 Å². The summed E-state index contributed by atoms with van der Waals surface area (Å²) in [6.45, 7) is 1.46. The number of primary amides is 1. The summed E-state index contributed by atoms with van der Waals surface area (Å²) in [5.74, 6) is 3.62. The second kappa shape index (κ2) is 5.50. The van der Waals surface area contributed by atoms with E-state index in [1.807, 2.05) is 0 Å². The van der Waals surface area contributed by atoms with Gasteiger partial charge in [-0.05, 0) is 6.42 Å². The van der Waals surface area contributed by atoms with Crippen LogP contribution in [0.25, 0.3) is 0 Å². The van der Waals surface area contributed by atoms with Gasteiger partial charge in [0.15, 0.2) is 0 Å². The van der Waals surface area contributed by atoms with Crippen LogP contribution in [0, 0.1) is 0 Å². The third kappa shape index (κ3) is 3.89. The zero-order valence-corrected chi connectivity index (χ0v) is 6.87. The number of hydrogen-bond donors (Lipinski definition) is 3. The monoisotopic (exact) mass is 175 g/mol. The smallest absolute Gasteiger partial charge is 0.248 e. The molecule has 0 heterocycles. The molecule has 0 spiro atoms. The molecular weight excluding hydrogens is 162 g/mol. The minimum Gasteiger partial charge on any atom is -0.368 e. The highest BCUT2D eigenvalue weighted by Crippen LogP contribution is 1.88. The van der Waals surface area contributed by atoms with Crippen molar-refractivity contribution < 1.29 is 14.4 Å². The van der Waals surface area contributed by atoms with Gasteiger partial charge in [-0.25, -0.2) is 5.90 Å². The summed E-state index contributed by atoms with van der Waals surface area (Å²) >= 11 is 0. The maximum absolute atomic E-state index is 10.8. The topological polar surface area (TPSA) is 107 Å². The maximum Gasteiger partial charge on any atom is 0.248 e. The molecule has 0 saturated heterocycles. The Bertz CT molecular complexity index is 171. The quantitative estimate of drug-likeness (QED) is 0.431. The van der Waals surface area contributed by atoms with Crippen LogP contribution in [0.1, 0.15) is 13.3 Å². The van der Waals surface area contributed by atoms with Gasteiger partial charge in [-0.3, -0.25) is 14.4 Å². The van der Waals surface area contributed by atoms with Gasteiger partial charge in [-0.1, -0.05) is 6.92 Å². The maximum atomic E-state index is 10.8. The fraction of sp³-hybridized carbons (Fsp3) is 0.667. The van der Waals surface area contributed by atoms with Crippen molar-refractivity contribution in [3.05, 3.63) is 0 Å². The van der Waals surface area contributed by atoms with Gasteiger partial charge in [0.2, 0.25) is 11.8 Å². The average molecular weight is 175 g/mol. The van der Waals surface area contributed by atoms with E-state index in [1.165, 1.54) is 0 Å². The van der Waals surface area contributed by atoms with Crippen LogP contribution in [0.2, 0.25) is 0 Å². The lowest BCUT2D eigenvalue weighted by Gasteiger charge is -2.11. The van der Waals surface area contributed by atoms with Crippen molar-refractivity contribution in [2.75, 3.05) is 6.61 Å². The summed E-state index contributed by atoms with van der Waals surface area (Å²) in [6, 6.07) is -0.646. The van der Waals surface area contributed by atoms with Crippen LogP contribution in [-0.2, 0) is 14.4 Å². The minimum atomic E-state index is -0.646. The molecule has 70 valence electrons. The summed E-state index contributed by atoms with van der Waals surface area (Å²) in [6.07, 6.45) is 0.450. The molecule has 1 atom stereocenters. The third-order valence-electron chi connectivity index (χ3n) is 1.30. The molecule has 0 aromatic rings. The number of nitrogens with two attached hydrogens (primary N) is 2. The summed E-state index contributed by atoms with van der Waals surface area (Å²) in [4.78, 5) is 25.5. The van der Waals surface area contributed by atoms with E-state index in [-0.39, 0.29) is 6.61 Å². The Balaban J connectivity index is 3.85. The predicted molar refractivity (Wildman–Crippen MR) is 41.6 cm³/mol. The Hall–Kier alpha value is -1.14. The molecule has 12 heavy (non-hydrogen) atoms. The average Bonchev–Trinajstić information content (AvgIpc) is 2.00. The molecule has 0 aliphatic carbocycles. The second-order valence-electron chi connectivity index (χ2n) is 2.24. The van der Waals surface area contributed by atoms with Gasteiger partial charge in [0, 0.05) is 0 Å². The number of nitrogens with one attached hydrogen (secondary N) is 1. The standard InChI is InChI=1S/C6H13N3O3/c1-2-4(6(7)11)9-5(10)3-12-8/h4H,2-3,8H2,1H3,(H2,7,11)(H,9,10). The first-order chi connectivity index (χ1) is 5.61. The van der Waals surface area contributed by atoms with Crippen molar-refractivity contribution in [1.29, 1.82) is 0 Å². The lowest BCUT2D eigenvalue weighted by Crippen LogP contribution is -2.45. The number of hydrogen-bond acceptors (Lipinski definition) is 4. The molecule has 0 saturated carbocycles. The third-order valence-corrected chi connectivity index (χ3v) is 1.30. The fourth-order valence-corrected chi connectivity index (χ4v) is 0.686. The van der Waals surface area contributed by atoms with Gasteiger partial charge in [0.25, 0.3) is 0 Å². The predicted octanol–water partition coefficient (Wildman–Crippen LogP) is -1.74. The van der Waals surface area contributed by atoms with Gasteiger partial charge < -0.3 is 11.1 Å². The molecule has 0 radical (unpaired) electrons. The van der Waals surface area contributed by atoms with Crippen LogP contribution in [0.5, 0.6) is 0 Å². The van der Waals surface area contributed by atoms with Crippen molar-refractivity contribution in [1.82, 2.24) is 5.32 Å². The molecule has 0 aromatic heterocycles. The van der Waals surface area contributed by atoms with E-state index < -0.39 is 17.9 Å². The van der Waals surface area contributed by atoms with Crippen molar-refractivity contribution in [3.63, 3.8) is 0 Å². The largest absolute Gasteiger partial charge is 0.368 e. The second-order valence-corrected chi connectivity index (χ2v) is 2.24. The first-order valence-corrected chi connectivity index (χ1v) is 3.52. The molecule has 0 aromatic carbocycles. The molecule has 1 unspecified atom stereocenters. The summed E-state index contributed by atoms with van der Waals surface area (Å²) in [5.41, 5.74) is 4.97. The van der Waals surface area contributed by atoms with Crippen LogP contribution in [0.15, 0.2) is 0 Å². The molecule has 0 bridgehead atoms. The van der Waals surface area contributed by atoms with Gasteiger partial charge in [0.05, 0.1) is 0 Å². The Labute approximate surface area is 70.2 Å². The van der Waals surface area contributed by atoms with E-state index in [9.17, 15) is 9.59 Å². The van der Waals surface area contributed by atoms with E-state index in [2.05, 4.69) is 16.1 Å². The number of amides is 2. The highest BCUT2D eigenvalue weighted by molar-refractivity contribution is 5.86. The highest BCUT2D eigenvalue weighted by Gasteiger charge is 2.14. The molecule has 0 aliphatic heterocycles. The highest BCUT2D eigenvalue weighted by atomic mass is 16.6. The van der Waals surface area contributed by atoms with Crippen molar-refractivity contribution in [2.24, 2.45) is 11.6 Å². The van der Waals surface area contributed by atoms with E-state index >= 15 is 0 Å². The first-order valence-electron chi connectivity index (χ1n) is 3.52. The lowest BCUT2D eigenvalue weighted by atomic mass is 10.2. The van der Waals surface area contributed by atoms with Gasteiger partial charge in [-0.2, -0.15) is 0 Å². The van der Waals surface area contributed by atoms with Crippen LogP contribution in [0.3, 0.4) is 0 Å². The first kappa shape index (κ1) is 10.9. The minimum absolute atomic E-state index is 0.274. The normalized spacial score (nSPS) is 12.2. The van der Waals surface area contributed by atoms with Gasteiger partial charge in [-0.15, -0.1) is 0 Å². The Kier molecular flexibility index (Phi) is 4.98. The summed E-state index contributed by atoms with van der Waals surface area (Å²) in [7, 11) is 0. The number of carbonyl (C=O) groups is 2. The number of rotatable bonds is 5. The van der Waals surface area contributed by atoms with Gasteiger partial charge in [0.1, 0.15) is 12.6 Å². The molecule has 6 nitrogen and oxygen atoms in total. The molecule has 0 fully saturated rings. The van der Waals surface area contributed by atoms with Crippen molar-refractivity contribution in [3.8, 4) is 0 Å². The van der Waals surface area contributed by atoms with E-state index in [4.69, 9.17) is 5.73 Å². The summed E-state index contributed by atoms with van der Waals surface area (Å²) in [5, 5.41) is 2.35. The Morgan fingerprint density at radius 1 is 1.58 bits per heavy atom. The fourth-order valence-electron chi connectivity index (χ4n) is 0.686. The zero-order valence-electron chi connectivity index (χ0n) is 6.87. The van der Waals surface area contributed by atoms with Crippen LogP contribution < -0.4 is 16.9 Å². The molecule has 0 rings (SSSR count). The van der Waals surface area contributed by atoms with Crippen LogP contribution in [-0.4, -0.2) is 24.5 Å². The van der Waals surface area contributed by atoms with Gasteiger partial charge >= 0.3 is 0 Å². The zero-order chi connectivity index (χ0) is 9.56. The Morgan fingerprint density at radius 2 is 2.17 bits per heavy atom. The molecular formula is C6H13N3O3. The molecule has 0 aliphatic rings. The number of carbonyl (C=O) groups excluding carboxylic acids is 2. The van der Waals surface area contributed by atoms with E-state index in [0.29, 0.717) is 6.42 Å². The molecule has 5 N–H and O–H groups in total. The SMILES string of the molecule is CCC(NC(=O)CON)C(N)=O. The summed E-state index contributed by atoms with van der Waals surface area (Å²) < 4.78 is 0. The van der Waals surface area contributed by atoms with E-state index in [1.54, 1.807) is 6.92 Å². The van der Waals surface area contributed by atoms with Crippen LogP contribution in [0.4, 0.5) is 0 Å². The van der Waals surface area contributed by atoms with E-state index in [0.717, 1.165) is 0 Å². The lowest BCUT2D eigenvalue weighted by molar-refractivity contribution is -0.130. The van der Waals surface area contributed by atoms with Crippen molar-refractivity contribution in [2.45, 2.75) is 19.4 Å².